The summed E-state index contributed by atoms with van der Waals surface area (Å²) in [6.45, 7) is 0.0602. The van der Waals surface area contributed by atoms with Crippen molar-refractivity contribution in [3.63, 3.8) is 0 Å². The molecule has 0 fully saturated rings. The maximum atomic E-state index is 11.6. The molecule has 0 spiro atoms. The Morgan fingerprint density at radius 2 is 2.29 bits per heavy atom. The van der Waals surface area contributed by atoms with Crippen LogP contribution >= 0.6 is 15.9 Å². The van der Waals surface area contributed by atoms with Gasteiger partial charge in [-0.2, -0.15) is 0 Å². The van der Waals surface area contributed by atoms with Gasteiger partial charge in [-0.3, -0.25) is 4.79 Å². The van der Waals surface area contributed by atoms with Crippen molar-refractivity contribution in [2.24, 2.45) is 0 Å². The third-order valence-electron chi connectivity index (χ3n) is 2.12. The Labute approximate surface area is 106 Å². The van der Waals surface area contributed by atoms with Crippen molar-refractivity contribution < 1.29 is 18.7 Å². The number of hydrogen-bond donors (Lipinski definition) is 2. The van der Waals surface area contributed by atoms with E-state index < -0.39 is 6.10 Å². The molecule has 0 radical (unpaired) electrons. The maximum Gasteiger partial charge on any atom is 0.287 e. The van der Waals surface area contributed by atoms with Gasteiger partial charge in [0.15, 0.2) is 10.4 Å². The van der Waals surface area contributed by atoms with E-state index in [0.29, 0.717) is 10.4 Å². The van der Waals surface area contributed by atoms with Crippen molar-refractivity contribution >= 4 is 21.8 Å². The van der Waals surface area contributed by atoms with Crippen LogP contribution in [0.25, 0.3) is 0 Å². The van der Waals surface area contributed by atoms with Crippen LogP contribution in [0, 0.1) is 0 Å². The Balaban J connectivity index is 1.88. The maximum absolute atomic E-state index is 11.6. The molecule has 0 saturated heterocycles. The van der Waals surface area contributed by atoms with Crippen LogP contribution < -0.4 is 5.32 Å². The van der Waals surface area contributed by atoms with Gasteiger partial charge in [0.2, 0.25) is 0 Å². The zero-order valence-electron chi connectivity index (χ0n) is 8.72. The number of halogens is 1. The Morgan fingerprint density at radius 3 is 2.88 bits per heavy atom. The number of aliphatic hydroxyl groups is 1. The number of rotatable bonds is 4. The summed E-state index contributed by atoms with van der Waals surface area (Å²) in [7, 11) is 0. The van der Waals surface area contributed by atoms with Gasteiger partial charge in [-0.1, -0.05) is 0 Å². The molecule has 2 aromatic rings. The third-order valence-corrected chi connectivity index (χ3v) is 2.55. The van der Waals surface area contributed by atoms with Gasteiger partial charge in [-0.15, -0.1) is 0 Å². The van der Waals surface area contributed by atoms with Gasteiger partial charge in [0.1, 0.15) is 11.9 Å². The Hall–Kier alpha value is -1.53. The molecule has 2 aromatic heterocycles. The smallest absolute Gasteiger partial charge is 0.287 e. The van der Waals surface area contributed by atoms with Crippen LogP contribution in [-0.2, 0) is 0 Å². The monoisotopic (exact) mass is 299 g/mol. The topological polar surface area (TPSA) is 75.6 Å². The first-order chi connectivity index (χ1) is 8.16. The highest BCUT2D eigenvalue weighted by Crippen LogP contribution is 2.15. The molecule has 6 heteroatoms. The average molecular weight is 300 g/mol. The number of amides is 1. The minimum atomic E-state index is -0.868. The van der Waals surface area contributed by atoms with Crippen LogP contribution in [0.3, 0.4) is 0 Å². The Morgan fingerprint density at radius 1 is 1.47 bits per heavy atom. The summed E-state index contributed by atoms with van der Waals surface area (Å²) in [5, 5.41) is 12.2. The normalized spacial score (nSPS) is 12.4. The molecule has 2 heterocycles. The van der Waals surface area contributed by atoms with E-state index in [4.69, 9.17) is 8.83 Å². The molecule has 90 valence electrons. The van der Waals surface area contributed by atoms with Gasteiger partial charge in [-0.25, -0.2) is 0 Å². The SMILES string of the molecule is O=C(NCC(O)c1ccco1)c1ccc(Br)o1. The molecule has 0 bridgehead atoms. The Bertz CT molecular complexity index is 491. The standard InChI is InChI=1S/C11H10BrNO4/c12-10-4-3-9(17-10)11(15)13-6-7(14)8-2-1-5-16-8/h1-5,7,14H,6H2,(H,13,15). The summed E-state index contributed by atoms with van der Waals surface area (Å²) in [4.78, 5) is 11.6. The second-order valence-corrected chi connectivity index (χ2v) is 4.13. The molecule has 1 amide bonds. The van der Waals surface area contributed by atoms with Crippen molar-refractivity contribution in [3.8, 4) is 0 Å². The van der Waals surface area contributed by atoms with Crippen LogP contribution in [0.4, 0.5) is 0 Å². The van der Waals surface area contributed by atoms with Crippen LogP contribution in [0.2, 0.25) is 0 Å². The summed E-state index contributed by atoms with van der Waals surface area (Å²) < 4.78 is 10.6. The molecule has 5 nitrogen and oxygen atoms in total. The predicted octanol–water partition coefficient (Wildman–Crippen LogP) is 2.10. The predicted molar refractivity (Wildman–Crippen MR) is 62.4 cm³/mol. The van der Waals surface area contributed by atoms with Crippen LogP contribution in [0.15, 0.2) is 44.0 Å². The van der Waals surface area contributed by atoms with E-state index >= 15 is 0 Å². The summed E-state index contributed by atoms with van der Waals surface area (Å²) in [6.07, 6.45) is 0.594. The second kappa shape index (κ2) is 5.20. The molecule has 1 unspecified atom stereocenters. The van der Waals surface area contributed by atoms with Crippen molar-refractivity contribution in [2.45, 2.75) is 6.10 Å². The number of hydrogen-bond acceptors (Lipinski definition) is 4. The number of carbonyl (C=O) groups is 1. The van der Waals surface area contributed by atoms with Crippen molar-refractivity contribution in [1.82, 2.24) is 5.32 Å². The first kappa shape index (κ1) is 11.9. The lowest BCUT2D eigenvalue weighted by atomic mass is 10.2. The molecule has 0 aliphatic heterocycles. The van der Waals surface area contributed by atoms with Gasteiger partial charge >= 0.3 is 0 Å². The lowest BCUT2D eigenvalue weighted by Crippen LogP contribution is -2.27. The fourth-order valence-corrected chi connectivity index (χ4v) is 1.60. The molecule has 0 aromatic carbocycles. The molecule has 2 rings (SSSR count). The van der Waals surface area contributed by atoms with E-state index in [-0.39, 0.29) is 18.2 Å². The highest BCUT2D eigenvalue weighted by molar-refractivity contribution is 9.10. The van der Waals surface area contributed by atoms with Gasteiger partial charge < -0.3 is 19.3 Å². The van der Waals surface area contributed by atoms with E-state index in [2.05, 4.69) is 21.2 Å². The minimum absolute atomic E-state index is 0.0602. The van der Waals surface area contributed by atoms with E-state index in [1.165, 1.54) is 6.26 Å². The van der Waals surface area contributed by atoms with Crippen molar-refractivity contribution in [2.75, 3.05) is 6.54 Å². The number of furan rings is 2. The average Bonchev–Trinajstić information content (AvgIpc) is 2.95. The molecule has 0 aliphatic carbocycles. The summed E-state index contributed by atoms with van der Waals surface area (Å²) >= 11 is 3.10. The molecular formula is C11H10BrNO4. The van der Waals surface area contributed by atoms with Gasteiger partial charge in [0.05, 0.1) is 12.8 Å². The molecule has 0 saturated carbocycles. The number of nitrogens with one attached hydrogen (secondary N) is 1. The van der Waals surface area contributed by atoms with E-state index in [1.807, 2.05) is 0 Å². The fraction of sp³-hybridized carbons (Fsp3) is 0.182. The quantitative estimate of drug-likeness (QED) is 0.906. The van der Waals surface area contributed by atoms with Gasteiger partial charge in [0, 0.05) is 0 Å². The first-order valence-electron chi connectivity index (χ1n) is 4.92. The lowest BCUT2D eigenvalue weighted by Gasteiger charge is -2.08. The van der Waals surface area contributed by atoms with Gasteiger partial charge in [0.25, 0.3) is 5.91 Å². The highest BCUT2D eigenvalue weighted by atomic mass is 79.9. The summed E-state index contributed by atoms with van der Waals surface area (Å²) in [5.41, 5.74) is 0. The van der Waals surface area contributed by atoms with E-state index in [1.54, 1.807) is 24.3 Å². The fourth-order valence-electron chi connectivity index (χ4n) is 1.29. The van der Waals surface area contributed by atoms with Gasteiger partial charge in [-0.05, 0) is 40.2 Å². The lowest BCUT2D eigenvalue weighted by molar-refractivity contribution is 0.0873. The number of aliphatic hydroxyl groups excluding tert-OH is 1. The van der Waals surface area contributed by atoms with Crippen LogP contribution in [-0.4, -0.2) is 17.6 Å². The summed E-state index contributed by atoms with van der Waals surface area (Å²) in [6, 6.07) is 6.47. The molecule has 17 heavy (non-hydrogen) atoms. The summed E-state index contributed by atoms with van der Waals surface area (Å²) in [5.74, 6) is 0.204. The zero-order chi connectivity index (χ0) is 12.3. The van der Waals surface area contributed by atoms with E-state index in [9.17, 15) is 9.90 Å². The highest BCUT2D eigenvalue weighted by Gasteiger charge is 2.14. The molecule has 1 atom stereocenters. The van der Waals surface area contributed by atoms with Crippen molar-refractivity contribution in [1.29, 1.82) is 0 Å². The zero-order valence-corrected chi connectivity index (χ0v) is 10.3. The second-order valence-electron chi connectivity index (χ2n) is 3.35. The third kappa shape index (κ3) is 2.98. The van der Waals surface area contributed by atoms with Crippen LogP contribution in [0.1, 0.15) is 22.4 Å². The molecule has 0 aliphatic rings. The van der Waals surface area contributed by atoms with Crippen LogP contribution in [0.5, 0.6) is 0 Å². The number of carbonyl (C=O) groups excluding carboxylic acids is 1. The largest absolute Gasteiger partial charge is 0.467 e. The van der Waals surface area contributed by atoms with Crippen molar-refractivity contribution in [3.05, 3.63) is 46.7 Å². The first-order valence-corrected chi connectivity index (χ1v) is 5.71. The van der Waals surface area contributed by atoms with E-state index in [0.717, 1.165) is 0 Å². The Kier molecular flexibility index (Phi) is 3.65. The molecule has 2 N–H and O–H groups in total. The molecular weight excluding hydrogens is 290 g/mol. The minimum Gasteiger partial charge on any atom is -0.467 e.